The van der Waals surface area contributed by atoms with Gasteiger partial charge in [0.2, 0.25) is 5.60 Å². The molecule has 1 aromatic heterocycles. The third-order valence-electron chi connectivity index (χ3n) is 6.65. The number of alkyl halides is 1. The van der Waals surface area contributed by atoms with Crippen molar-refractivity contribution in [1.29, 1.82) is 0 Å². The van der Waals surface area contributed by atoms with Gasteiger partial charge in [-0.25, -0.2) is 4.39 Å². The predicted octanol–water partition coefficient (Wildman–Crippen LogP) is 3.83. The molecule has 4 rings (SSSR count). The van der Waals surface area contributed by atoms with E-state index in [1.165, 1.54) is 0 Å². The van der Waals surface area contributed by atoms with Crippen LogP contribution in [-0.4, -0.2) is 52.6 Å². The molecule has 37 heavy (non-hydrogen) atoms. The molecule has 2 aliphatic heterocycles. The van der Waals surface area contributed by atoms with Crippen molar-refractivity contribution >= 4 is 34.3 Å². The van der Waals surface area contributed by atoms with Crippen molar-refractivity contribution in [3.63, 3.8) is 0 Å². The Morgan fingerprint density at radius 2 is 1.97 bits per heavy atom. The first-order chi connectivity index (χ1) is 17.4. The van der Waals surface area contributed by atoms with Crippen molar-refractivity contribution in [2.45, 2.75) is 71.3 Å². The van der Waals surface area contributed by atoms with Crippen molar-refractivity contribution in [1.82, 2.24) is 10.3 Å². The number of halogens is 1. The summed E-state index contributed by atoms with van der Waals surface area (Å²) < 4.78 is 24.8. The van der Waals surface area contributed by atoms with Gasteiger partial charge < -0.3 is 19.6 Å². The van der Waals surface area contributed by atoms with Crippen LogP contribution in [0.1, 0.15) is 59.6 Å². The van der Waals surface area contributed by atoms with Crippen LogP contribution in [0.25, 0.3) is 10.8 Å². The number of esters is 2. The van der Waals surface area contributed by atoms with E-state index in [0.717, 1.165) is 10.8 Å². The second-order valence-electron chi connectivity index (χ2n) is 11.1. The van der Waals surface area contributed by atoms with E-state index in [0.29, 0.717) is 11.4 Å². The lowest BCUT2D eigenvalue weighted by Crippen LogP contribution is -2.60. The Morgan fingerprint density at radius 3 is 2.65 bits per heavy atom. The maximum absolute atomic E-state index is 14.3. The molecule has 0 unspecified atom stereocenters. The summed E-state index contributed by atoms with van der Waals surface area (Å²) >= 11 is 0. The maximum atomic E-state index is 14.3. The molecule has 1 aromatic carbocycles. The number of rotatable bonds is 7. The van der Waals surface area contributed by atoms with Crippen molar-refractivity contribution in [2.24, 2.45) is 16.5 Å². The zero-order chi connectivity index (χ0) is 27.0. The number of pyridine rings is 1. The fraction of sp³-hybridized carbons (Fsp3) is 0.519. The molecule has 1 saturated heterocycles. The molecule has 0 saturated carbocycles. The molecule has 10 heteroatoms. The number of fused-ring (bicyclic) bond motifs is 1. The Kier molecular flexibility index (Phi) is 6.96. The molecular weight excluding hydrogens is 481 g/mol. The topological polar surface area (TPSA) is 116 Å². The molecule has 1 fully saturated rings. The molecule has 3 heterocycles. The fourth-order valence-electron chi connectivity index (χ4n) is 4.59. The van der Waals surface area contributed by atoms with Gasteiger partial charge in [-0.3, -0.25) is 19.4 Å². The summed E-state index contributed by atoms with van der Waals surface area (Å²) in [5, 5.41) is 8.73. The summed E-state index contributed by atoms with van der Waals surface area (Å²) in [7, 11) is 0. The number of nitrogens with one attached hydrogen (secondary N) is 1. The van der Waals surface area contributed by atoms with Crippen LogP contribution in [0.3, 0.4) is 0 Å². The summed E-state index contributed by atoms with van der Waals surface area (Å²) in [6.07, 6.45) is 1.39. The van der Waals surface area contributed by atoms with Gasteiger partial charge >= 0.3 is 17.7 Å². The van der Waals surface area contributed by atoms with E-state index < -0.39 is 47.4 Å². The number of amides is 1. The maximum Gasteiger partial charge on any atom is 0.311 e. The van der Waals surface area contributed by atoms with Gasteiger partial charge in [-0.2, -0.15) is 0 Å². The highest BCUT2D eigenvalue weighted by Crippen LogP contribution is 2.37. The van der Waals surface area contributed by atoms with Crippen molar-refractivity contribution < 1.29 is 33.1 Å². The molecule has 0 aliphatic carbocycles. The number of aromatic nitrogens is 1. The molecule has 198 valence electrons. The van der Waals surface area contributed by atoms with E-state index in [9.17, 15) is 18.8 Å². The first-order valence-electron chi connectivity index (χ1n) is 12.3. The molecule has 9 nitrogen and oxygen atoms in total. The molecule has 1 N–H and O–H groups in total. The molecule has 3 atom stereocenters. The number of nitrogens with zero attached hydrogens (tertiary/aromatic N) is 2. The summed E-state index contributed by atoms with van der Waals surface area (Å²) in [4.78, 5) is 48.6. The normalized spacial score (nSPS) is 25.5. The lowest BCUT2D eigenvalue weighted by molar-refractivity contribution is -0.227. The average Bonchev–Trinajstić information content (AvgIpc) is 3.40. The van der Waals surface area contributed by atoms with Gasteiger partial charge in [-0.15, -0.1) is 0 Å². The number of cyclic esters (lactones) is 1. The van der Waals surface area contributed by atoms with Gasteiger partial charge in [0.25, 0.3) is 5.91 Å². The van der Waals surface area contributed by atoms with E-state index in [1.54, 1.807) is 20.0 Å². The number of hydrogen-bond donors (Lipinski definition) is 1. The highest BCUT2D eigenvalue weighted by atomic mass is 19.1. The molecular formula is C27H32FN3O6. The van der Waals surface area contributed by atoms with E-state index >= 15 is 0 Å². The number of carbonyl (C=O) groups is 3. The van der Waals surface area contributed by atoms with Crippen LogP contribution in [0, 0.1) is 11.3 Å². The highest BCUT2D eigenvalue weighted by molar-refractivity contribution is 6.11. The first-order valence-corrected chi connectivity index (χ1v) is 12.3. The number of ether oxygens (including phenoxy) is 2. The van der Waals surface area contributed by atoms with E-state index in [4.69, 9.17) is 14.3 Å². The van der Waals surface area contributed by atoms with Crippen LogP contribution in [0.2, 0.25) is 0 Å². The zero-order valence-corrected chi connectivity index (χ0v) is 21.7. The predicted molar refractivity (Wildman–Crippen MR) is 133 cm³/mol. The number of benzene rings is 1. The second kappa shape index (κ2) is 9.72. The third-order valence-corrected chi connectivity index (χ3v) is 6.65. The average molecular weight is 514 g/mol. The van der Waals surface area contributed by atoms with Gasteiger partial charge in [0.1, 0.15) is 11.8 Å². The van der Waals surface area contributed by atoms with Gasteiger partial charge in [-0.1, -0.05) is 64.0 Å². The van der Waals surface area contributed by atoms with Crippen molar-refractivity contribution in [2.75, 3.05) is 6.67 Å². The lowest BCUT2D eigenvalue weighted by Gasteiger charge is -2.35. The summed E-state index contributed by atoms with van der Waals surface area (Å²) in [6, 6.07) is 8.32. The Morgan fingerprint density at radius 1 is 1.24 bits per heavy atom. The number of carbonyl (C=O) groups excluding carboxylic acids is 3. The van der Waals surface area contributed by atoms with Crippen LogP contribution >= 0.6 is 0 Å². The molecule has 2 aliphatic rings. The quantitative estimate of drug-likeness (QED) is 0.560. The van der Waals surface area contributed by atoms with Crippen LogP contribution < -0.4 is 5.32 Å². The summed E-state index contributed by atoms with van der Waals surface area (Å²) in [6.45, 7) is 7.76. The molecule has 0 radical (unpaired) electrons. The second-order valence-corrected chi connectivity index (χ2v) is 11.1. The third kappa shape index (κ3) is 5.14. The number of oxime groups is 1. The lowest BCUT2D eigenvalue weighted by atomic mass is 9.83. The minimum atomic E-state index is -2.24. The minimum Gasteiger partial charge on any atom is -0.417 e. The Labute approximate surface area is 214 Å². The number of hydrogen-bond acceptors (Lipinski definition) is 8. The largest absolute Gasteiger partial charge is 0.417 e. The Bertz CT molecular complexity index is 1250. The van der Waals surface area contributed by atoms with E-state index in [1.807, 2.05) is 51.1 Å². The Hall–Kier alpha value is -3.56. The standard InChI is InChI=1S/C27H32FN3O6/c1-16(2)26(13-19(31-37-26)23-18-9-7-6-8-17(18)10-11-29-23)24(34)30-20-12-21(32)35-27(20,15-28)36-22(33)14-25(3,4)5/h6-11,16,20H,12-15H2,1-5H3,(H,30,34)/t20-,26+,27-/m0/s1. The van der Waals surface area contributed by atoms with Crippen molar-refractivity contribution in [3.05, 3.63) is 42.2 Å². The molecule has 0 bridgehead atoms. The first kappa shape index (κ1) is 26.5. The van der Waals surface area contributed by atoms with Gasteiger partial charge in [0.05, 0.1) is 18.5 Å². The van der Waals surface area contributed by atoms with Crippen LogP contribution in [0.5, 0.6) is 0 Å². The summed E-state index contributed by atoms with van der Waals surface area (Å²) in [5.41, 5.74) is -0.787. The van der Waals surface area contributed by atoms with E-state index in [-0.39, 0.29) is 25.2 Å². The smallest absolute Gasteiger partial charge is 0.311 e. The Balaban J connectivity index is 1.57. The minimum absolute atomic E-state index is 0.0265. The SMILES string of the molecule is CC(C)[C@@]1(C(=O)N[C@H]2CC(=O)O[C@@]2(CF)OC(=O)CC(C)(C)C)CC(c2nccc3ccccc23)=NO1. The molecule has 1 amide bonds. The van der Waals surface area contributed by atoms with Crippen LogP contribution in [0.15, 0.2) is 41.7 Å². The van der Waals surface area contributed by atoms with E-state index in [2.05, 4.69) is 15.5 Å². The fourth-order valence-corrected chi connectivity index (χ4v) is 4.59. The molecule has 2 aromatic rings. The van der Waals surface area contributed by atoms with Crippen molar-refractivity contribution in [3.8, 4) is 0 Å². The highest BCUT2D eigenvalue weighted by Gasteiger charge is 2.57. The van der Waals surface area contributed by atoms with Crippen LogP contribution in [-0.2, 0) is 28.7 Å². The monoisotopic (exact) mass is 513 g/mol. The molecule has 0 spiro atoms. The zero-order valence-electron chi connectivity index (χ0n) is 21.7. The van der Waals surface area contributed by atoms with Crippen LogP contribution in [0.4, 0.5) is 4.39 Å². The van der Waals surface area contributed by atoms with Gasteiger partial charge in [0.15, 0.2) is 6.67 Å². The van der Waals surface area contributed by atoms with Gasteiger partial charge in [0, 0.05) is 23.9 Å². The summed E-state index contributed by atoms with van der Waals surface area (Å²) in [5.74, 6) is -4.73. The van der Waals surface area contributed by atoms with Gasteiger partial charge in [-0.05, 0) is 16.9 Å².